The van der Waals surface area contributed by atoms with Gasteiger partial charge in [0.1, 0.15) is 0 Å². The molecule has 2 heterocycles. The molecule has 1 saturated heterocycles. The number of anilines is 1. The molecule has 0 unspecified atom stereocenters. The van der Waals surface area contributed by atoms with Crippen molar-refractivity contribution in [2.75, 3.05) is 44.9 Å². The molecular formula is C18H28IN3O2. The number of ether oxygens (including phenoxy) is 2. The van der Waals surface area contributed by atoms with Crippen molar-refractivity contribution in [1.82, 2.24) is 5.32 Å². The van der Waals surface area contributed by atoms with E-state index in [2.05, 4.69) is 41.4 Å². The number of halogens is 1. The molecule has 2 aliphatic rings. The number of aliphatic imine (C=N–C) groups is 1. The fourth-order valence-corrected chi connectivity index (χ4v) is 3.34. The van der Waals surface area contributed by atoms with Crippen LogP contribution in [0.25, 0.3) is 0 Å². The maximum atomic E-state index is 5.81. The first kappa shape index (κ1) is 19.5. The number of hydrogen-bond acceptors (Lipinski definition) is 3. The molecule has 2 aliphatic heterocycles. The number of fused-ring (bicyclic) bond motifs is 1. The van der Waals surface area contributed by atoms with Crippen molar-refractivity contribution in [2.24, 2.45) is 4.99 Å². The predicted octanol–water partition coefficient (Wildman–Crippen LogP) is 2.83. The fourth-order valence-electron chi connectivity index (χ4n) is 3.34. The Morgan fingerprint density at radius 3 is 2.79 bits per heavy atom. The molecular weight excluding hydrogens is 417 g/mol. The molecule has 6 heteroatoms. The zero-order valence-corrected chi connectivity index (χ0v) is 16.9. The van der Waals surface area contributed by atoms with Crippen molar-refractivity contribution in [3.05, 3.63) is 29.8 Å². The van der Waals surface area contributed by atoms with E-state index in [9.17, 15) is 0 Å². The van der Waals surface area contributed by atoms with Gasteiger partial charge in [0, 0.05) is 51.9 Å². The van der Waals surface area contributed by atoms with E-state index in [0.29, 0.717) is 6.54 Å². The molecule has 5 nitrogen and oxygen atoms in total. The Labute approximate surface area is 161 Å². The summed E-state index contributed by atoms with van der Waals surface area (Å²) in [6.07, 6.45) is 2.88. The van der Waals surface area contributed by atoms with Gasteiger partial charge in [-0.1, -0.05) is 18.2 Å². The molecule has 1 aromatic carbocycles. The van der Waals surface area contributed by atoms with Crippen molar-refractivity contribution in [3.63, 3.8) is 0 Å². The zero-order valence-electron chi connectivity index (χ0n) is 14.6. The fraction of sp³-hybridized carbons (Fsp3) is 0.611. The average Bonchev–Trinajstić information content (AvgIpc) is 3.03. The van der Waals surface area contributed by atoms with Crippen LogP contribution >= 0.6 is 24.0 Å². The smallest absolute Gasteiger partial charge is 0.198 e. The van der Waals surface area contributed by atoms with Gasteiger partial charge in [-0.15, -0.1) is 24.0 Å². The van der Waals surface area contributed by atoms with Crippen molar-refractivity contribution < 1.29 is 9.47 Å². The van der Waals surface area contributed by atoms with Crippen LogP contribution in [0.1, 0.15) is 25.3 Å². The highest BCUT2D eigenvalue weighted by atomic mass is 127. The molecule has 0 aromatic heterocycles. The van der Waals surface area contributed by atoms with E-state index < -0.39 is 0 Å². The van der Waals surface area contributed by atoms with E-state index >= 15 is 0 Å². The van der Waals surface area contributed by atoms with Gasteiger partial charge in [-0.25, -0.2) is 4.99 Å². The number of rotatable bonds is 4. The molecule has 0 radical (unpaired) electrons. The van der Waals surface area contributed by atoms with E-state index in [-0.39, 0.29) is 29.6 Å². The van der Waals surface area contributed by atoms with Crippen molar-refractivity contribution in [3.8, 4) is 0 Å². The van der Waals surface area contributed by atoms with Crippen LogP contribution < -0.4 is 10.2 Å². The molecule has 0 amide bonds. The van der Waals surface area contributed by atoms with Crippen LogP contribution in [-0.4, -0.2) is 51.5 Å². The molecule has 134 valence electrons. The van der Waals surface area contributed by atoms with E-state index in [1.807, 2.05) is 0 Å². The lowest BCUT2D eigenvalue weighted by molar-refractivity contribution is -0.0828. The van der Waals surface area contributed by atoms with Crippen LogP contribution in [0.5, 0.6) is 0 Å². The standard InChI is InChI=1S/C18H27N3O2.HI/c1-3-19-17(20-14-18(22-2)9-12-23-13-10-18)21-11-8-15-6-4-5-7-16(15)21;/h4-7H,3,8-14H2,1-2H3,(H,19,20);1H. The van der Waals surface area contributed by atoms with Gasteiger partial charge in [-0.3, -0.25) is 0 Å². The number of nitrogens with one attached hydrogen (secondary N) is 1. The van der Waals surface area contributed by atoms with Crippen LogP contribution in [0.3, 0.4) is 0 Å². The third kappa shape index (κ3) is 4.21. The van der Waals surface area contributed by atoms with Crippen molar-refractivity contribution in [2.45, 2.75) is 31.8 Å². The average molecular weight is 445 g/mol. The Morgan fingerprint density at radius 2 is 2.08 bits per heavy atom. The van der Waals surface area contributed by atoms with Crippen LogP contribution in [0.15, 0.2) is 29.3 Å². The summed E-state index contributed by atoms with van der Waals surface area (Å²) in [6, 6.07) is 8.58. The quantitative estimate of drug-likeness (QED) is 0.440. The highest BCUT2D eigenvalue weighted by Gasteiger charge is 2.33. The van der Waals surface area contributed by atoms with Crippen molar-refractivity contribution in [1.29, 1.82) is 0 Å². The van der Waals surface area contributed by atoms with Gasteiger partial charge in [-0.05, 0) is 25.0 Å². The monoisotopic (exact) mass is 445 g/mol. The second-order valence-corrected chi connectivity index (χ2v) is 6.20. The summed E-state index contributed by atoms with van der Waals surface area (Å²) >= 11 is 0. The largest absolute Gasteiger partial charge is 0.381 e. The summed E-state index contributed by atoms with van der Waals surface area (Å²) in [7, 11) is 1.79. The summed E-state index contributed by atoms with van der Waals surface area (Å²) in [5, 5.41) is 3.44. The molecule has 0 bridgehead atoms. The molecule has 24 heavy (non-hydrogen) atoms. The van der Waals surface area contributed by atoms with Crippen LogP contribution in [0, 0.1) is 0 Å². The summed E-state index contributed by atoms with van der Waals surface area (Å²) in [5.41, 5.74) is 2.48. The van der Waals surface area contributed by atoms with Gasteiger partial charge in [0.15, 0.2) is 5.96 Å². The van der Waals surface area contributed by atoms with Crippen LogP contribution in [0.2, 0.25) is 0 Å². The predicted molar refractivity (Wildman–Crippen MR) is 109 cm³/mol. The van der Waals surface area contributed by atoms with Crippen LogP contribution in [0.4, 0.5) is 5.69 Å². The number of para-hydroxylation sites is 1. The molecule has 0 aliphatic carbocycles. The first-order chi connectivity index (χ1) is 11.3. The zero-order chi connectivity index (χ0) is 16.1. The Morgan fingerprint density at radius 1 is 1.33 bits per heavy atom. The maximum absolute atomic E-state index is 5.81. The summed E-state index contributed by atoms with van der Waals surface area (Å²) in [6.45, 7) is 6.14. The SMILES string of the molecule is CCNC(=NCC1(OC)CCOCC1)N1CCc2ccccc21.I. The third-order valence-electron chi connectivity index (χ3n) is 4.83. The number of methoxy groups -OCH3 is 1. The minimum Gasteiger partial charge on any atom is -0.381 e. The first-order valence-corrected chi connectivity index (χ1v) is 8.55. The summed E-state index contributed by atoms with van der Waals surface area (Å²) < 4.78 is 11.3. The van der Waals surface area contributed by atoms with Gasteiger partial charge in [0.25, 0.3) is 0 Å². The van der Waals surface area contributed by atoms with Crippen molar-refractivity contribution >= 4 is 35.6 Å². The topological polar surface area (TPSA) is 46.1 Å². The number of nitrogens with zero attached hydrogens (tertiary/aromatic N) is 2. The Bertz CT molecular complexity index is 559. The third-order valence-corrected chi connectivity index (χ3v) is 4.83. The maximum Gasteiger partial charge on any atom is 0.198 e. The summed E-state index contributed by atoms with van der Waals surface area (Å²) in [4.78, 5) is 7.21. The lowest BCUT2D eigenvalue weighted by atomic mass is 9.94. The molecule has 1 aromatic rings. The Kier molecular flexibility index (Phi) is 7.31. The minimum atomic E-state index is -0.182. The molecule has 1 fully saturated rings. The molecule has 0 saturated carbocycles. The van der Waals surface area contributed by atoms with E-state index in [1.54, 1.807) is 7.11 Å². The molecule has 0 atom stereocenters. The number of hydrogen-bond donors (Lipinski definition) is 1. The molecule has 3 rings (SSSR count). The van der Waals surface area contributed by atoms with Gasteiger partial charge >= 0.3 is 0 Å². The highest BCUT2D eigenvalue weighted by Crippen LogP contribution is 2.28. The lowest BCUT2D eigenvalue weighted by Gasteiger charge is -2.35. The second kappa shape index (κ2) is 9.01. The Hall–Kier alpha value is -0.860. The lowest BCUT2D eigenvalue weighted by Crippen LogP contribution is -2.45. The highest BCUT2D eigenvalue weighted by molar-refractivity contribution is 14.0. The second-order valence-electron chi connectivity index (χ2n) is 6.20. The molecule has 0 spiro atoms. The van der Waals surface area contributed by atoms with Gasteiger partial charge in [0.05, 0.1) is 12.1 Å². The molecule has 1 N–H and O–H groups in total. The number of benzene rings is 1. The minimum absolute atomic E-state index is 0. The Balaban J connectivity index is 0.00000208. The van der Waals surface area contributed by atoms with E-state index in [4.69, 9.17) is 14.5 Å². The first-order valence-electron chi connectivity index (χ1n) is 8.55. The van der Waals surface area contributed by atoms with E-state index in [1.165, 1.54) is 11.3 Å². The number of guanidine groups is 1. The van der Waals surface area contributed by atoms with E-state index in [0.717, 1.165) is 51.5 Å². The van der Waals surface area contributed by atoms with Gasteiger partial charge in [0.2, 0.25) is 0 Å². The van der Waals surface area contributed by atoms with Gasteiger partial charge < -0.3 is 19.7 Å². The summed E-state index contributed by atoms with van der Waals surface area (Å²) in [5.74, 6) is 0.959. The van der Waals surface area contributed by atoms with Crippen LogP contribution in [-0.2, 0) is 15.9 Å². The van der Waals surface area contributed by atoms with Gasteiger partial charge in [-0.2, -0.15) is 0 Å². The normalized spacial score (nSPS) is 19.6.